The minimum Gasteiger partial charge on any atom is -0.318 e. The molecule has 0 aliphatic heterocycles. The van der Waals surface area contributed by atoms with Crippen LogP contribution in [0, 0.1) is 12.7 Å². The molecule has 1 aromatic heterocycles. The van der Waals surface area contributed by atoms with E-state index in [2.05, 4.69) is 10.4 Å². The van der Waals surface area contributed by atoms with Crippen LogP contribution in [-0.2, 0) is 0 Å². The topological polar surface area (TPSA) is 46.9 Å². The van der Waals surface area contributed by atoms with Gasteiger partial charge >= 0.3 is 0 Å². The molecule has 19 heavy (non-hydrogen) atoms. The molecule has 1 amide bonds. The van der Waals surface area contributed by atoms with Gasteiger partial charge < -0.3 is 5.32 Å². The fraction of sp³-hybridized carbons (Fsp3) is 0.286. The molecule has 0 bridgehead atoms. The van der Waals surface area contributed by atoms with Crippen LogP contribution in [0.4, 0.5) is 10.1 Å². The number of hydrogen-bond donors (Lipinski definition) is 1. The number of nitrogens with zero attached hydrogens (tertiary/aromatic N) is 2. The summed E-state index contributed by atoms with van der Waals surface area (Å²) in [5.74, 6) is -0.862. The van der Waals surface area contributed by atoms with Gasteiger partial charge in [0.05, 0.1) is 5.69 Å². The van der Waals surface area contributed by atoms with E-state index in [-0.39, 0.29) is 17.4 Å². The zero-order chi connectivity index (χ0) is 14.0. The van der Waals surface area contributed by atoms with Gasteiger partial charge in [0.25, 0.3) is 5.91 Å². The van der Waals surface area contributed by atoms with Gasteiger partial charge in [-0.25, -0.2) is 4.39 Å². The molecule has 1 aromatic carbocycles. The van der Waals surface area contributed by atoms with Gasteiger partial charge in [-0.15, -0.1) is 0 Å². The van der Waals surface area contributed by atoms with E-state index in [1.807, 2.05) is 13.8 Å². The van der Waals surface area contributed by atoms with Crippen molar-refractivity contribution >= 4 is 11.6 Å². The fourth-order valence-corrected chi connectivity index (χ4v) is 1.65. The number of carbonyl (C=O) groups is 1. The van der Waals surface area contributed by atoms with Crippen molar-refractivity contribution in [2.24, 2.45) is 0 Å². The second-order valence-corrected chi connectivity index (χ2v) is 4.71. The summed E-state index contributed by atoms with van der Waals surface area (Å²) in [6.45, 7) is 5.72. The average Bonchev–Trinajstić information content (AvgIpc) is 2.82. The van der Waals surface area contributed by atoms with E-state index >= 15 is 0 Å². The van der Waals surface area contributed by atoms with E-state index in [9.17, 15) is 9.18 Å². The molecule has 0 radical (unpaired) electrons. The highest BCUT2D eigenvalue weighted by atomic mass is 19.1. The maximum absolute atomic E-state index is 13.6. The molecule has 0 unspecified atom stereocenters. The van der Waals surface area contributed by atoms with Crippen LogP contribution in [0.5, 0.6) is 0 Å². The molecule has 0 spiro atoms. The van der Waals surface area contributed by atoms with E-state index in [0.29, 0.717) is 0 Å². The van der Waals surface area contributed by atoms with Crippen LogP contribution in [0.1, 0.15) is 35.9 Å². The molecule has 0 aliphatic rings. The number of halogens is 1. The molecule has 2 rings (SSSR count). The highest BCUT2D eigenvalue weighted by Crippen LogP contribution is 2.16. The van der Waals surface area contributed by atoms with Gasteiger partial charge in [-0.2, -0.15) is 5.10 Å². The Morgan fingerprint density at radius 3 is 2.68 bits per heavy atom. The lowest BCUT2D eigenvalue weighted by Gasteiger charge is -2.06. The van der Waals surface area contributed by atoms with Crippen LogP contribution >= 0.6 is 0 Å². The molecule has 0 atom stereocenters. The Balaban J connectivity index is 2.16. The molecule has 1 N–H and O–H groups in total. The summed E-state index contributed by atoms with van der Waals surface area (Å²) < 4.78 is 15.3. The first-order valence-corrected chi connectivity index (χ1v) is 6.10. The number of nitrogens with one attached hydrogen (secondary N) is 1. The number of anilines is 1. The summed E-state index contributed by atoms with van der Waals surface area (Å²) >= 11 is 0. The van der Waals surface area contributed by atoms with Crippen molar-refractivity contribution in [1.82, 2.24) is 9.78 Å². The first kappa shape index (κ1) is 13.3. The van der Waals surface area contributed by atoms with Crippen LogP contribution in [0.25, 0.3) is 0 Å². The van der Waals surface area contributed by atoms with Crippen molar-refractivity contribution in [3.63, 3.8) is 0 Å². The molecular weight excluding hydrogens is 245 g/mol. The monoisotopic (exact) mass is 261 g/mol. The van der Waals surface area contributed by atoms with Crippen molar-refractivity contribution < 1.29 is 9.18 Å². The lowest BCUT2D eigenvalue weighted by atomic mass is 10.2. The van der Waals surface area contributed by atoms with Crippen molar-refractivity contribution in [3.05, 3.63) is 47.5 Å². The van der Waals surface area contributed by atoms with Crippen molar-refractivity contribution in [3.8, 4) is 0 Å². The predicted molar refractivity (Wildman–Crippen MR) is 71.7 cm³/mol. The maximum atomic E-state index is 13.6. The molecule has 0 aliphatic carbocycles. The van der Waals surface area contributed by atoms with Gasteiger partial charge in [0.1, 0.15) is 5.82 Å². The third-order valence-electron chi connectivity index (χ3n) is 2.74. The summed E-state index contributed by atoms with van der Waals surface area (Å²) in [7, 11) is 0. The second kappa shape index (κ2) is 5.22. The smallest absolute Gasteiger partial charge is 0.276 e. The first-order valence-electron chi connectivity index (χ1n) is 6.10. The lowest BCUT2D eigenvalue weighted by Crippen LogP contribution is -2.14. The zero-order valence-corrected chi connectivity index (χ0v) is 11.1. The zero-order valence-electron chi connectivity index (χ0n) is 11.1. The van der Waals surface area contributed by atoms with Gasteiger partial charge in [0.15, 0.2) is 5.69 Å². The number of benzene rings is 1. The highest BCUT2D eigenvalue weighted by Gasteiger charge is 2.12. The van der Waals surface area contributed by atoms with E-state index < -0.39 is 11.7 Å². The first-order chi connectivity index (χ1) is 8.97. The summed E-state index contributed by atoms with van der Waals surface area (Å²) in [6, 6.07) is 6.45. The Hall–Kier alpha value is -2.17. The molecule has 0 saturated heterocycles. The number of rotatable bonds is 3. The highest BCUT2D eigenvalue weighted by molar-refractivity contribution is 6.02. The molecule has 0 saturated carbocycles. The standard InChI is InChI=1S/C14H16FN3O/c1-9(2)18-7-6-13(17-18)14(19)16-12-5-4-10(3)8-11(12)15/h4-9H,1-3H3,(H,16,19). The predicted octanol–water partition coefficient (Wildman–Crippen LogP) is 3.16. The molecule has 1 heterocycles. The average molecular weight is 261 g/mol. The van der Waals surface area contributed by atoms with E-state index in [1.54, 1.807) is 36.0 Å². The largest absolute Gasteiger partial charge is 0.318 e. The summed E-state index contributed by atoms with van der Waals surface area (Å²) in [5, 5.41) is 6.65. The van der Waals surface area contributed by atoms with Gasteiger partial charge in [0.2, 0.25) is 0 Å². The number of carbonyl (C=O) groups excluding carboxylic acids is 1. The number of aryl methyl sites for hydroxylation is 1. The van der Waals surface area contributed by atoms with Gasteiger partial charge in [-0.05, 0) is 44.5 Å². The summed E-state index contributed by atoms with van der Waals surface area (Å²) in [6.07, 6.45) is 1.73. The third-order valence-corrected chi connectivity index (χ3v) is 2.74. The van der Waals surface area contributed by atoms with Gasteiger partial charge in [-0.1, -0.05) is 6.07 Å². The number of hydrogen-bond acceptors (Lipinski definition) is 2. The van der Waals surface area contributed by atoms with Crippen LogP contribution in [-0.4, -0.2) is 15.7 Å². The second-order valence-electron chi connectivity index (χ2n) is 4.71. The van der Waals surface area contributed by atoms with Crippen molar-refractivity contribution in [1.29, 1.82) is 0 Å². The molecule has 4 nitrogen and oxygen atoms in total. The Morgan fingerprint density at radius 2 is 2.11 bits per heavy atom. The summed E-state index contributed by atoms with van der Waals surface area (Å²) in [5.41, 5.74) is 1.24. The Bertz CT molecular complexity index is 604. The van der Waals surface area contributed by atoms with Gasteiger partial charge in [-0.3, -0.25) is 9.48 Å². The lowest BCUT2D eigenvalue weighted by molar-refractivity contribution is 0.102. The number of amides is 1. The van der Waals surface area contributed by atoms with Gasteiger partial charge in [0, 0.05) is 12.2 Å². The summed E-state index contributed by atoms with van der Waals surface area (Å²) in [4.78, 5) is 11.9. The van der Waals surface area contributed by atoms with E-state index in [4.69, 9.17) is 0 Å². The molecule has 0 fully saturated rings. The van der Waals surface area contributed by atoms with E-state index in [1.165, 1.54) is 6.07 Å². The fourth-order valence-electron chi connectivity index (χ4n) is 1.65. The Labute approximate surface area is 111 Å². The van der Waals surface area contributed by atoms with Crippen LogP contribution in [0.3, 0.4) is 0 Å². The minimum absolute atomic E-state index is 0.162. The molecule has 2 aromatic rings. The molecular formula is C14H16FN3O. The Morgan fingerprint density at radius 1 is 1.37 bits per heavy atom. The Kier molecular flexibility index (Phi) is 3.64. The van der Waals surface area contributed by atoms with Crippen LogP contribution in [0.15, 0.2) is 30.5 Å². The SMILES string of the molecule is Cc1ccc(NC(=O)c2ccn(C(C)C)n2)c(F)c1. The molecule has 5 heteroatoms. The normalized spacial score (nSPS) is 10.8. The number of aromatic nitrogens is 2. The minimum atomic E-state index is -0.448. The molecule has 100 valence electrons. The van der Waals surface area contributed by atoms with Crippen LogP contribution < -0.4 is 5.32 Å². The van der Waals surface area contributed by atoms with Crippen molar-refractivity contribution in [2.45, 2.75) is 26.8 Å². The van der Waals surface area contributed by atoms with Crippen LogP contribution in [0.2, 0.25) is 0 Å². The van der Waals surface area contributed by atoms with Crippen molar-refractivity contribution in [2.75, 3.05) is 5.32 Å². The third kappa shape index (κ3) is 2.99. The quantitative estimate of drug-likeness (QED) is 0.922. The maximum Gasteiger partial charge on any atom is 0.276 e. The van der Waals surface area contributed by atoms with E-state index in [0.717, 1.165) is 5.56 Å².